The minimum atomic E-state index is -0.0441. The topological polar surface area (TPSA) is 62.2 Å². The zero-order valence-electron chi connectivity index (χ0n) is 14.0. The lowest BCUT2D eigenvalue weighted by molar-refractivity contribution is -0.120. The molecule has 0 saturated carbocycles. The maximum absolute atomic E-state index is 12.1. The molecule has 1 amide bonds. The third kappa shape index (κ3) is 4.75. The molecule has 1 aromatic carbocycles. The number of thiophene rings is 1. The molecule has 3 aromatic rings. The molecule has 0 unspecified atom stereocenters. The van der Waals surface area contributed by atoms with Crippen molar-refractivity contribution in [1.82, 2.24) is 10.3 Å². The predicted octanol–water partition coefficient (Wildman–Crippen LogP) is 3.57. The Balaban J connectivity index is 1.49. The highest BCUT2D eigenvalue weighted by Gasteiger charge is 2.09. The Morgan fingerprint density at radius 2 is 2.00 bits per heavy atom. The number of carbonyl (C=O) groups excluding carboxylic acids is 1. The third-order valence-corrected chi connectivity index (χ3v) is 5.81. The molecule has 0 aliphatic heterocycles. The van der Waals surface area contributed by atoms with Crippen molar-refractivity contribution < 1.29 is 9.90 Å². The standard InChI is InChI=1S/C19H20N2O2S2/c1-13-21-17(12-24-13)18-7-6-16(25-18)8-9-20-19(23)10-14-4-2-3-5-15(14)11-22/h2-7,12,22H,8-11H2,1H3,(H,20,23). The summed E-state index contributed by atoms with van der Waals surface area (Å²) < 4.78 is 0. The molecule has 0 aliphatic rings. The second-order valence-corrected chi connectivity index (χ2v) is 7.95. The van der Waals surface area contributed by atoms with E-state index >= 15 is 0 Å². The summed E-state index contributed by atoms with van der Waals surface area (Å²) in [6, 6.07) is 11.7. The van der Waals surface area contributed by atoms with Crippen LogP contribution in [0.1, 0.15) is 21.0 Å². The normalized spacial score (nSPS) is 10.8. The number of benzene rings is 1. The summed E-state index contributed by atoms with van der Waals surface area (Å²) in [5, 5.41) is 15.4. The van der Waals surface area contributed by atoms with Gasteiger partial charge >= 0.3 is 0 Å². The van der Waals surface area contributed by atoms with Gasteiger partial charge in [0.25, 0.3) is 0 Å². The average Bonchev–Trinajstić information content (AvgIpc) is 3.24. The highest BCUT2D eigenvalue weighted by Crippen LogP contribution is 2.29. The molecule has 0 fully saturated rings. The van der Waals surface area contributed by atoms with E-state index in [-0.39, 0.29) is 12.5 Å². The lowest BCUT2D eigenvalue weighted by Gasteiger charge is -2.08. The fourth-order valence-corrected chi connectivity index (χ4v) is 4.23. The number of nitrogens with zero attached hydrogens (tertiary/aromatic N) is 1. The zero-order valence-corrected chi connectivity index (χ0v) is 15.6. The molecule has 4 nitrogen and oxygen atoms in total. The lowest BCUT2D eigenvalue weighted by atomic mass is 10.0. The second kappa shape index (κ2) is 8.38. The Bertz CT molecular complexity index is 854. The van der Waals surface area contributed by atoms with Crippen LogP contribution in [0.15, 0.2) is 41.8 Å². The van der Waals surface area contributed by atoms with Crippen LogP contribution in [0, 0.1) is 6.92 Å². The van der Waals surface area contributed by atoms with Gasteiger partial charge in [0, 0.05) is 16.8 Å². The van der Waals surface area contributed by atoms with Crippen LogP contribution >= 0.6 is 22.7 Å². The second-order valence-electron chi connectivity index (χ2n) is 5.72. The van der Waals surface area contributed by atoms with Crippen LogP contribution in [0.5, 0.6) is 0 Å². The van der Waals surface area contributed by atoms with E-state index in [1.807, 2.05) is 31.2 Å². The van der Waals surface area contributed by atoms with Gasteiger partial charge in [0.1, 0.15) is 0 Å². The van der Waals surface area contributed by atoms with Gasteiger partial charge in [0.15, 0.2) is 0 Å². The van der Waals surface area contributed by atoms with Gasteiger partial charge in [0.2, 0.25) is 5.91 Å². The van der Waals surface area contributed by atoms with Crippen LogP contribution in [0.2, 0.25) is 0 Å². The van der Waals surface area contributed by atoms with Gasteiger partial charge in [0.05, 0.1) is 28.6 Å². The molecule has 2 aromatic heterocycles. The zero-order chi connectivity index (χ0) is 17.6. The number of hydrogen-bond donors (Lipinski definition) is 2. The first-order valence-electron chi connectivity index (χ1n) is 8.11. The predicted molar refractivity (Wildman–Crippen MR) is 103 cm³/mol. The van der Waals surface area contributed by atoms with Crippen LogP contribution in [0.4, 0.5) is 0 Å². The minimum absolute atomic E-state index is 0.0206. The van der Waals surface area contributed by atoms with E-state index in [1.54, 1.807) is 22.7 Å². The third-order valence-electron chi connectivity index (χ3n) is 3.87. The average molecular weight is 373 g/mol. The van der Waals surface area contributed by atoms with E-state index in [2.05, 4.69) is 27.8 Å². The van der Waals surface area contributed by atoms with Crippen LogP contribution in [-0.2, 0) is 24.2 Å². The molecule has 0 radical (unpaired) electrons. The molecule has 0 spiro atoms. The maximum Gasteiger partial charge on any atom is 0.224 e. The van der Waals surface area contributed by atoms with Gasteiger partial charge in [-0.05, 0) is 36.6 Å². The van der Waals surface area contributed by atoms with Crippen LogP contribution < -0.4 is 5.32 Å². The number of hydrogen-bond acceptors (Lipinski definition) is 5. The Labute approximate surface area is 155 Å². The molecule has 2 N–H and O–H groups in total. The van der Waals surface area contributed by atoms with Crippen LogP contribution in [0.3, 0.4) is 0 Å². The number of rotatable bonds is 7. The number of amides is 1. The summed E-state index contributed by atoms with van der Waals surface area (Å²) in [5.74, 6) is -0.0206. The number of nitrogens with one attached hydrogen (secondary N) is 1. The van der Waals surface area contributed by atoms with Gasteiger partial charge in [-0.2, -0.15) is 0 Å². The van der Waals surface area contributed by atoms with Crippen molar-refractivity contribution in [2.75, 3.05) is 6.54 Å². The summed E-state index contributed by atoms with van der Waals surface area (Å²) >= 11 is 3.38. The molecule has 130 valence electrons. The first-order chi connectivity index (χ1) is 12.2. The summed E-state index contributed by atoms with van der Waals surface area (Å²) in [4.78, 5) is 19.0. The fourth-order valence-electron chi connectivity index (χ4n) is 2.57. The van der Waals surface area contributed by atoms with Gasteiger partial charge < -0.3 is 10.4 Å². The lowest BCUT2D eigenvalue weighted by Crippen LogP contribution is -2.27. The molecule has 6 heteroatoms. The van der Waals surface area contributed by atoms with Crippen LogP contribution in [0.25, 0.3) is 10.6 Å². The van der Waals surface area contributed by atoms with Crippen molar-refractivity contribution in [1.29, 1.82) is 0 Å². The van der Waals surface area contributed by atoms with E-state index in [0.29, 0.717) is 13.0 Å². The summed E-state index contributed by atoms with van der Waals surface area (Å²) in [6.45, 7) is 2.57. The van der Waals surface area contributed by atoms with E-state index in [1.165, 1.54) is 9.75 Å². The molecule has 0 atom stereocenters. The highest BCUT2D eigenvalue weighted by molar-refractivity contribution is 7.16. The molecule has 0 aliphatic carbocycles. The Morgan fingerprint density at radius 3 is 2.72 bits per heavy atom. The van der Waals surface area contributed by atoms with Crippen LogP contribution in [-0.4, -0.2) is 22.5 Å². The monoisotopic (exact) mass is 372 g/mol. The molecule has 2 heterocycles. The molecule has 3 rings (SSSR count). The molecular formula is C19H20N2O2S2. The van der Waals surface area contributed by atoms with Crippen molar-refractivity contribution in [3.05, 3.63) is 62.8 Å². The van der Waals surface area contributed by atoms with Gasteiger partial charge in [-0.1, -0.05) is 24.3 Å². The molecule has 25 heavy (non-hydrogen) atoms. The van der Waals surface area contributed by atoms with E-state index in [0.717, 1.165) is 28.2 Å². The van der Waals surface area contributed by atoms with Gasteiger partial charge in [-0.15, -0.1) is 22.7 Å². The number of aliphatic hydroxyl groups excluding tert-OH is 1. The summed E-state index contributed by atoms with van der Waals surface area (Å²) in [7, 11) is 0. The first kappa shape index (κ1) is 17.8. The first-order valence-corrected chi connectivity index (χ1v) is 9.81. The fraction of sp³-hybridized carbons (Fsp3) is 0.263. The van der Waals surface area contributed by atoms with Crippen molar-refractivity contribution in [3.8, 4) is 10.6 Å². The quantitative estimate of drug-likeness (QED) is 0.666. The van der Waals surface area contributed by atoms with Crippen molar-refractivity contribution >= 4 is 28.6 Å². The number of aryl methyl sites for hydroxylation is 1. The van der Waals surface area contributed by atoms with Crippen molar-refractivity contribution in [2.45, 2.75) is 26.4 Å². The Kier molecular flexibility index (Phi) is 5.96. The van der Waals surface area contributed by atoms with Crippen molar-refractivity contribution in [3.63, 3.8) is 0 Å². The highest BCUT2D eigenvalue weighted by atomic mass is 32.1. The maximum atomic E-state index is 12.1. The molecule has 0 bridgehead atoms. The SMILES string of the molecule is Cc1nc(-c2ccc(CCNC(=O)Cc3ccccc3CO)s2)cs1. The minimum Gasteiger partial charge on any atom is -0.392 e. The Hall–Kier alpha value is -2.02. The number of carbonyl (C=O) groups is 1. The largest absolute Gasteiger partial charge is 0.392 e. The summed E-state index contributed by atoms with van der Waals surface area (Å²) in [5.41, 5.74) is 2.71. The molecular weight excluding hydrogens is 352 g/mol. The number of thiazole rings is 1. The Morgan fingerprint density at radius 1 is 1.20 bits per heavy atom. The summed E-state index contributed by atoms with van der Waals surface area (Å²) in [6.07, 6.45) is 1.10. The van der Waals surface area contributed by atoms with Gasteiger partial charge in [-0.25, -0.2) is 4.98 Å². The molecule has 0 saturated heterocycles. The number of aromatic nitrogens is 1. The van der Waals surface area contributed by atoms with E-state index in [9.17, 15) is 9.90 Å². The number of aliphatic hydroxyl groups is 1. The van der Waals surface area contributed by atoms with Crippen molar-refractivity contribution in [2.24, 2.45) is 0 Å². The van der Waals surface area contributed by atoms with E-state index < -0.39 is 0 Å². The van der Waals surface area contributed by atoms with E-state index in [4.69, 9.17) is 0 Å². The smallest absolute Gasteiger partial charge is 0.224 e. The van der Waals surface area contributed by atoms with Gasteiger partial charge in [-0.3, -0.25) is 4.79 Å².